The molecule has 18 heavy (non-hydrogen) atoms. The van der Waals surface area contributed by atoms with Crippen molar-refractivity contribution in [3.8, 4) is 0 Å². The summed E-state index contributed by atoms with van der Waals surface area (Å²) in [5, 5.41) is 17.7. The molecule has 0 saturated carbocycles. The Balaban J connectivity index is 2.84. The molecule has 1 atom stereocenters. The second-order valence-electron chi connectivity index (χ2n) is 4.09. The summed E-state index contributed by atoms with van der Waals surface area (Å²) in [7, 11) is 0. The summed E-state index contributed by atoms with van der Waals surface area (Å²) in [6.45, 7) is 1.87. The number of carbonyl (C=O) groups is 2. The van der Waals surface area contributed by atoms with Gasteiger partial charge in [0.25, 0.3) is 0 Å². The van der Waals surface area contributed by atoms with E-state index >= 15 is 0 Å². The first-order valence-electron chi connectivity index (χ1n) is 5.75. The highest BCUT2D eigenvalue weighted by Crippen LogP contribution is 2.11. The van der Waals surface area contributed by atoms with Crippen LogP contribution >= 0.6 is 0 Å². The van der Waals surface area contributed by atoms with E-state index in [1.54, 1.807) is 6.92 Å². The van der Waals surface area contributed by atoms with Gasteiger partial charge in [-0.15, -0.1) is 0 Å². The van der Waals surface area contributed by atoms with Gasteiger partial charge in [-0.1, -0.05) is 30.3 Å². The number of carbonyl (C=O) groups excluding carboxylic acids is 1. The van der Waals surface area contributed by atoms with Gasteiger partial charge in [0.15, 0.2) is 0 Å². The second-order valence-corrected chi connectivity index (χ2v) is 4.09. The van der Waals surface area contributed by atoms with Crippen LogP contribution in [0.25, 0.3) is 0 Å². The van der Waals surface area contributed by atoms with Gasteiger partial charge in [0.05, 0.1) is 0 Å². The Morgan fingerprint density at radius 3 is 2.39 bits per heavy atom. The van der Waals surface area contributed by atoms with Crippen molar-refractivity contribution in [2.75, 3.05) is 6.61 Å². The Morgan fingerprint density at radius 1 is 1.28 bits per heavy atom. The van der Waals surface area contributed by atoms with Gasteiger partial charge in [0.1, 0.15) is 0 Å². The zero-order valence-electron chi connectivity index (χ0n) is 10.2. The summed E-state index contributed by atoms with van der Waals surface area (Å²) < 4.78 is 0. The van der Waals surface area contributed by atoms with Crippen LogP contribution in [0, 0.1) is 0 Å². The minimum absolute atomic E-state index is 0.0840. The van der Waals surface area contributed by atoms with Gasteiger partial charge in [0.2, 0.25) is 0 Å². The van der Waals surface area contributed by atoms with Gasteiger partial charge in [-0.25, -0.2) is 4.79 Å². The van der Waals surface area contributed by atoms with Gasteiger partial charge >= 0.3 is 11.9 Å². The minimum Gasteiger partial charge on any atom is -0.474 e. The molecule has 1 aromatic carbocycles. The van der Waals surface area contributed by atoms with Crippen LogP contribution in [0.1, 0.15) is 18.9 Å². The predicted octanol–water partition coefficient (Wildman–Crippen LogP) is 0.871. The average Bonchev–Trinajstić information content (AvgIpc) is 2.36. The number of amides is 1. The lowest BCUT2D eigenvalue weighted by atomic mass is 10.1. The van der Waals surface area contributed by atoms with Crippen LogP contribution in [0.5, 0.6) is 0 Å². The first-order valence-corrected chi connectivity index (χ1v) is 5.75. The summed E-state index contributed by atoms with van der Waals surface area (Å²) in [4.78, 5) is 23.7. The topological polar surface area (TPSA) is 77.8 Å². The monoisotopic (exact) mass is 251 g/mol. The number of aliphatic hydroxyl groups excluding tert-OH is 1. The van der Waals surface area contributed by atoms with Crippen LogP contribution in [-0.2, 0) is 16.1 Å². The summed E-state index contributed by atoms with van der Waals surface area (Å²) in [5.41, 5.74) is 0.858. The number of carboxylic acid groups (broad SMARTS) is 1. The van der Waals surface area contributed by atoms with E-state index in [2.05, 4.69) is 0 Å². The number of aliphatic carboxylic acids is 1. The number of nitrogens with zero attached hydrogens (tertiary/aromatic N) is 1. The molecule has 98 valence electrons. The van der Waals surface area contributed by atoms with Crippen molar-refractivity contribution < 1.29 is 19.8 Å². The number of carboxylic acids is 1. The molecule has 0 aliphatic rings. The average molecular weight is 251 g/mol. The molecule has 1 aromatic rings. The molecule has 0 unspecified atom stereocenters. The van der Waals surface area contributed by atoms with Gasteiger partial charge in [-0.3, -0.25) is 4.79 Å². The summed E-state index contributed by atoms with van der Waals surface area (Å²) >= 11 is 0. The highest BCUT2D eigenvalue weighted by molar-refractivity contribution is 6.31. The third kappa shape index (κ3) is 3.85. The Hall–Kier alpha value is -1.88. The van der Waals surface area contributed by atoms with Crippen LogP contribution in [-0.4, -0.2) is 39.6 Å². The fourth-order valence-corrected chi connectivity index (χ4v) is 1.67. The molecule has 5 nitrogen and oxygen atoms in total. The van der Waals surface area contributed by atoms with Crippen molar-refractivity contribution in [1.82, 2.24) is 4.90 Å². The first kappa shape index (κ1) is 14.2. The van der Waals surface area contributed by atoms with Crippen LogP contribution in [0.3, 0.4) is 0 Å². The van der Waals surface area contributed by atoms with E-state index in [4.69, 9.17) is 10.2 Å². The van der Waals surface area contributed by atoms with Crippen LogP contribution < -0.4 is 0 Å². The lowest BCUT2D eigenvalue weighted by molar-refractivity contribution is -0.157. The maximum absolute atomic E-state index is 11.6. The van der Waals surface area contributed by atoms with Crippen molar-refractivity contribution in [3.63, 3.8) is 0 Å². The Morgan fingerprint density at radius 2 is 1.89 bits per heavy atom. The molecule has 0 aliphatic carbocycles. The summed E-state index contributed by atoms with van der Waals surface area (Å²) in [6.07, 6.45) is 0.353. The molecule has 0 bridgehead atoms. The second kappa shape index (κ2) is 6.76. The van der Waals surface area contributed by atoms with E-state index in [1.807, 2.05) is 30.3 Å². The molecule has 0 fully saturated rings. The molecule has 0 aliphatic heterocycles. The minimum atomic E-state index is -1.48. The SMILES string of the molecule is C[C@@H](CCO)N(Cc1ccccc1)C(=O)C(=O)O. The molecule has 0 heterocycles. The van der Waals surface area contributed by atoms with E-state index in [0.29, 0.717) is 6.42 Å². The number of aliphatic hydroxyl groups is 1. The van der Waals surface area contributed by atoms with Crippen molar-refractivity contribution in [2.24, 2.45) is 0 Å². The zero-order valence-corrected chi connectivity index (χ0v) is 10.2. The Kier molecular flexibility index (Phi) is 5.32. The molecular weight excluding hydrogens is 234 g/mol. The largest absolute Gasteiger partial charge is 0.474 e. The van der Waals surface area contributed by atoms with Crippen molar-refractivity contribution in [2.45, 2.75) is 25.9 Å². The lowest BCUT2D eigenvalue weighted by Crippen LogP contribution is -2.42. The highest BCUT2D eigenvalue weighted by Gasteiger charge is 2.25. The third-order valence-corrected chi connectivity index (χ3v) is 2.72. The predicted molar refractivity (Wildman–Crippen MR) is 65.8 cm³/mol. The quantitative estimate of drug-likeness (QED) is 0.761. The summed E-state index contributed by atoms with van der Waals surface area (Å²) in [5.74, 6) is -2.42. The highest BCUT2D eigenvalue weighted by atomic mass is 16.4. The first-order chi connectivity index (χ1) is 8.56. The smallest absolute Gasteiger partial charge is 0.394 e. The van der Waals surface area contributed by atoms with Gasteiger partial charge in [0, 0.05) is 19.2 Å². The number of hydrogen-bond acceptors (Lipinski definition) is 3. The van der Waals surface area contributed by atoms with Gasteiger partial charge < -0.3 is 15.1 Å². The fourth-order valence-electron chi connectivity index (χ4n) is 1.67. The van der Waals surface area contributed by atoms with Gasteiger partial charge in [-0.2, -0.15) is 0 Å². The van der Waals surface area contributed by atoms with Crippen LogP contribution in [0.2, 0.25) is 0 Å². The number of benzene rings is 1. The standard InChI is InChI=1S/C13H17NO4/c1-10(7-8-15)14(12(16)13(17)18)9-11-5-3-2-4-6-11/h2-6,10,15H,7-9H2,1H3,(H,17,18)/t10-/m0/s1. The van der Waals surface area contributed by atoms with Gasteiger partial charge in [-0.05, 0) is 18.9 Å². The van der Waals surface area contributed by atoms with Crippen molar-refractivity contribution in [3.05, 3.63) is 35.9 Å². The fraction of sp³-hybridized carbons (Fsp3) is 0.385. The normalized spacial score (nSPS) is 11.9. The molecule has 0 aromatic heterocycles. The zero-order chi connectivity index (χ0) is 13.5. The molecule has 0 radical (unpaired) electrons. The molecule has 5 heteroatoms. The molecule has 0 spiro atoms. The molecule has 0 saturated heterocycles. The van der Waals surface area contributed by atoms with Crippen molar-refractivity contribution >= 4 is 11.9 Å². The Labute approximate surface area is 106 Å². The third-order valence-electron chi connectivity index (χ3n) is 2.72. The van der Waals surface area contributed by atoms with E-state index in [1.165, 1.54) is 4.90 Å². The number of hydrogen-bond donors (Lipinski definition) is 2. The van der Waals surface area contributed by atoms with E-state index in [9.17, 15) is 9.59 Å². The Bertz CT molecular complexity index is 405. The maximum atomic E-state index is 11.6. The maximum Gasteiger partial charge on any atom is 0.394 e. The molecule has 1 rings (SSSR count). The lowest BCUT2D eigenvalue weighted by Gasteiger charge is -2.27. The van der Waals surface area contributed by atoms with Crippen LogP contribution in [0.4, 0.5) is 0 Å². The van der Waals surface area contributed by atoms with E-state index < -0.39 is 11.9 Å². The molecule has 2 N–H and O–H groups in total. The van der Waals surface area contributed by atoms with Crippen molar-refractivity contribution in [1.29, 1.82) is 0 Å². The van der Waals surface area contributed by atoms with E-state index in [0.717, 1.165) is 5.56 Å². The molecule has 1 amide bonds. The van der Waals surface area contributed by atoms with E-state index in [-0.39, 0.29) is 19.2 Å². The van der Waals surface area contributed by atoms with Crippen LogP contribution in [0.15, 0.2) is 30.3 Å². The number of rotatable bonds is 5. The molecular formula is C13H17NO4. The summed E-state index contributed by atoms with van der Waals surface area (Å²) in [6, 6.07) is 8.84.